The molecule has 164 valence electrons. The standard InChI is InChI=1S/C22H50NO3Si/c1-7-8-9-10-11-12-13-14-15-16-17-18-19-21(20-22(2,3)27)23(24-4,25-5)26-6/h21H,7-20H2,1-6,27H3/q+1. The van der Waals surface area contributed by atoms with Crippen molar-refractivity contribution in [2.75, 3.05) is 21.3 Å². The van der Waals surface area contributed by atoms with Crippen LogP contribution in [0.3, 0.4) is 0 Å². The normalized spacial score (nSPS) is 14.0. The molecule has 0 fully saturated rings. The van der Waals surface area contributed by atoms with E-state index in [-0.39, 0.29) is 11.0 Å². The molecule has 0 rings (SSSR count). The Kier molecular flexibility index (Phi) is 16.0. The predicted octanol–water partition coefficient (Wildman–Crippen LogP) is 5.90. The molecule has 0 spiro atoms. The van der Waals surface area contributed by atoms with Gasteiger partial charge in [-0.1, -0.05) is 91.4 Å². The minimum absolute atomic E-state index is 0.149. The number of hydrogen-bond acceptors (Lipinski definition) is 3. The second kappa shape index (κ2) is 15.9. The Hall–Kier alpha value is 0.0569. The maximum atomic E-state index is 5.61. The second-order valence-electron chi connectivity index (χ2n) is 9.18. The molecule has 0 aromatic heterocycles. The lowest BCUT2D eigenvalue weighted by Gasteiger charge is -2.35. The molecule has 5 heteroatoms. The number of quaternary nitrogens is 1. The molecule has 0 aliphatic carbocycles. The molecule has 0 aromatic rings. The van der Waals surface area contributed by atoms with Crippen LogP contribution in [0.5, 0.6) is 0 Å². The fourth-order valence-corrected chi connectivity index (χ4v) is 4.44. The molecule has 0 heterocycles. The van der Waals surface area contributed by atoms with Crippen LogP contribution in [-0.4, -0.2) is 42.6 Å². The van der Waals surface area contributed by atoms with E-state index in [0.717, 1.165) is 23.1 Å². The summed E-state index contributed by atoms with van der Waals surface area (Å²) in [5, 5.41) is 0.348. The first-order chi connectivity index (χ1) is 12.8. The second-order valence-corrected chi connectivity index (χ2v) is 11.9. The smallest absolute Gasteiger partial charge is 0.135 e. The highest BCUT2D eigenvalue weighted by Gasteiger charge is 2.43. The molecule has 0 amide bonds. The van der Waals surface area contributed by atoms with Crippen LogP contribution >= 0.6 is 0 Å². The molecular weight excluding hydrogens is 354 g/mol. The zero-order chi connectivity index (χ0) is 20.6. The average molecular weight is 405 g/mol. The van der Waals surface area contributed by atoms with Crippen molar-refractivity contribution in [3.63, 3.8) is 0 Å². The van der Waals surface area contributed by atoms with E-state index in [1.165, 1.54) is 77.0 Å². The van der Waals surface area contributed by atoms with Gasteiger partial charge in [-0.2, -0.15) is 0 Å². The van der Waals surface area contributed by atoms with Gasteiger partial charge in [-0.15, -0.1) is 14.5 Å². The van der Waals surface area contributed by atoms with E-state index in [4.69, 9.17) is 14.5 Å². The van der Waals surface area contributed by atoms with Crippen LogP contribution in [0.2, 0.25) is 5.04 Å². The third kappa shape index (κ3) is 13.0. The lowest BCUT2D eigenvalue weighted by atomic mass is 9.97. The summed E-state index contributed by atoms with van der Waals surface area (Å²) in [4.78, 5) is 16.7. The van der Waals surface area contributed by atoms with Gasteiger partial charge < -0.3 is 0 Å². The summed E-state index contributed by atoms with van der Waals surface area (Å²) < 4.78 is 0. The van der Waals surface area contributed by atoms with E-state index < -0.39 is 0 Å². The van der Waals surface area contributed by atoms with Crippen LogP contribution < -0.4 is 0 Å². The maximum absolute atomic E-state index is 5.61. The van der Waals surface area contributed by atoms with Gasteiger partial charge in [-0.05, 0) is 11.5 Å². The maximum Gasteiger partial charge on any atom is 0.188 e. The number of unbranched alkanes of at least 4 members (excludes halogenated alkanes) is 11. The van der Waals surface area contributed by atoms with Crippen molar-refractivity contribution in [2.24, 2.45) is 0 Å². The summed E-state index contributed by atoms with van der Waals surface area (Å²) in [6.45, 7) is 6.93. The zero-order valence-corrected chi connectivity index (χ0v) is 21.6. The van der Waals surface area contributed by atoms with E-state index >= 15 is 0 Å². The number of hydroxylamine groups is 3. The molecule has 1 unspecified atom stereocenters. The van der Waals surface area contributed by atoms with Crippen molar-refractivity contribution < 1.29 is 19.5 Å². The Morgan fingerprint density at radius 1 is 0.704 bits per heavy atom. The van der Waals surface area contributed by atoms with Gasteiger partial charge in [-0.25, -0.2) is 0 Å². The lowest BCUT2D eigenvalue weighted by molar-refractivity contribution is -1.37. The monoisotopic (exact) mass is 404 g/mol. The van der Waals surface area contributed by atoms with Crippen LogP contribution in [0.25, 0.3) is 0 Å². The summed E-state index contributed by atoms with van der Waals surface area (Å²) >= 11 is 0. The molecular formula is C22H50NO3Si+. The number of nitrogens with zero attached hydrogens (tertiary/aromatic N) is 1. The van der Waals surface area contributed by atoms with E-state index in [0.29, 0.717) is 5.04 Å². The first-order valence-corrected chi connectivity index (χ1v) is 12.4. The largest absolute Gasteiger partial charge is 0.188 e. The van der Waals surface area contributed by atoms with Gasteiger partial charge in [0.25, 0.3) is 0 Å². The van der Waals surface area contributed by atoms with Crippen LogP contribution in [0, 0.1) is 0 Å². The fourth-order valence-electron chi connectivity index (χ4n) is 3.97. The Morgan fingerprint density at radius 3 is 1.41 bits per heavy atom. The summed E-state index contributed by atoms with van der Waals surface area (Å²) in [5.41, 5.74) is 0. The minimum atomic E-state index is -0.149. The summed E-state index contributed by atoms with van der Waals surface area (Å²) in [5.74, 6) is 0. The molecule has 0 aliphatic heterocycles. The highest BCUT2D eigenvalue weighted by molar-refractivity contribution is 6.14. The minimum Gasteiger partial charge on any atom is -0.135 e. The molecule has 1 atom stereocenters. The third-order valence-corrected chi connectivity index (χ3v) is 5.86. The lowest BCUT2D eigenvalue weighted by Crippen LogP contribution is -2.53. The van der Waals surface area contributed by atoms with Crippen molar-refractivity contribution >= 4 is 10.2 Å². The number of hydrogen-bond donors (Lipinski definition) is 0. The van der Waals surface area contributed by atoms with Crippen molar-refractivity contribution in [1.29, 1.82) is 0 Å². The summed E-state index contributed by atoms with van der Waals surface area (Å²) in [6, 6.07) is 0.223. The van der Waals surface area contributed by atoms with Gasteiger partial charge in [-0.3, -0.25) is 0 Å². The average Bonchev–Trinajstić information content (AvgIpc) is 2.63. The van der Waals surface area contributed by atoms with Crippen LogP contribution in [-0.2, 0) is 14.5 Å². The summed E-state index contributed by atoms with van der Waals surface area (Å²) in [6.07, 6.45) is 18.7. The fraction of sp³-hybridized carbons (Fsp3) is 1.00. The highest BCUT2D eigenvalue weighted by atomic mass is 28.1. The number of rotatable bonds is 19. The van der Waals surface area contributed by atoms with Crippen molar-refractivity contribution in [1.82, 2.24) is 0 Å². The van der Waals surface area contributed by atoms with Crippen LogP contribution in [0.1, 0.15) is 111 Å². The van der Waals surface area contributed by atoms with Gasteiger partial charge in [0.2, 0.25) is 0 Å². The molecule has 0 aromatic carbocycles. The van der Waals surface area contributed by atoms with Gasteiger partial charge in [0, 0.05) is 23.1 Å². The van der Waals surface area contributed by atoms with E-state index in [1.807, 2.05) is 0 Å². The first kappa shape index (κ1) is 27.1. The van der Waals surface area contributed by atoms with Gasteiger partial charge in [0.1, 0.15) is 21.3 Å². The van der Waals surface area contributed by atoms with E-state index in [9.17, 15) is 0 Å². The molecule has 27 heavy (non-hydrogen) atoms. The van der Waals surface area contributed by atoms with Crippen molar-refractivity contribution in [3.05, 3.63) is 0 Å². The molecule has 0 saturated heterocycles. The highest BCUT2D eigenvalue weighted by Crippen LogP contribution is 2.34. The molecule has 0 aliphatic rings. The van der Waals surface area contributed by atoms with Gasteiger partial charge in [0.15, 0.2) is 6.04 Å². The Labute approximate surface area is 173 Å². The van der Waals surface area contributed by atoms with Crippen molar-refractivity contribution in [2.45, 2.75) is 122 Å². The van der Waals surface area contributed by atoms with Crippen LogP contribution in [0.15, 0.2) is 0 Å². The zero-order valence-electron chi connectivity index (χ0n) is 19.6. The van der Waals surface area contributed by atoms with Gasteiger partial charge >= 0.3 is 0 Å². The predicted molar refractivity (Wildman–Crippen MR) is 119 cm³/mol. The van der Waals surface area contributed by atoms with E-state index in [2.05, 4.69) is 20.8 Å². The van der Waals surface area contributed by atoms with Crippen molar-refractivity contribution in [3.8, 4) is 0 Å². The Bertz CT molecular complexity index is 322. The first-order valence-electron chi connectivity index (χ1n) is 11.4. The molecule has 4 nitrogen and oxygen atoms in total. The Morgan fingerprint density at radius 2 is 1.07 bits per heavy atom. The summed E-state index contributed by atoms with van der Waals surface area (Å²) in [7, 11) is 6.16. The molecule has 0 bridgehead atoms. The third-order valence-electron chi connectivity index (χ3n) is 5.45. The molecule has 0 saturated carbocycles. The van der Waals surface area contributed by atoms with Gasteiger partial charge in [0.05, 0.1) is 4.97 Å². The SMILES string of the molecule is CCCCCCCCCCCCCCC(CC(C)(C)[SiH3])[N+](OC)(OC)OC. The van der Waals surface area contributed by atoms with E-state index in [1.54, 1.807) is 21.3 Å². The quantitative estimate of drug-likeness (QED) is 0.116. The Balaban J connectivity index is 4.00. The molecule has 0 radical (unpaired) electrons. The molecule has 0 N–H and O–H groups in total. The topological polar surface area (TPSA) is 27.7 Å². The van der Waals surface area contributed by atoms with Crippen LogP contribution in [0.4, 0.5) is 0 Å².